The van der Waals surface area contributed by atoms with Gasteiger partial charge in [-0.25, -0.2) is 4.98 Å². The van der Waals surface area contributed by atoms with Crippen LogP contribution in [0.4, 0.5) is 0 Å². The molecule has 6 heteroatoms. The van der Waals surface area contributed by atoms with E-state index in [-0.39, 0.29) is 30.3 Å². The molecule has 26 heavy (non-hydrogen) atoms. The molecule has 1 unspecified atom stereocenters. The van der Waals surface area contributed by atoms with Gasteiger partial charge in [-0.05, 0) is 46.1 Å². The first kappa shape index (κ1) is 20.9. The summed E-state index contributed by atoms with van der Waals surface area (Å²) in [6.07, 6.45) is 3.13. The summed E-state index contributed by atoms with van der Waals surface area (Å²) in [4.78, 5) is 18.5. The van der Waals surface area contributed by atoms with E-state index in [2.05, 4.69) is 36.5 Å². The highest BCUT2D eigenvalue weighted by Gasteiger charge is 2.32. The number of nitrogens with zero attached hydrogens (tertiary/aromatic N) is 1. The van der Waals surface area contributed by atoms with E-state index in [0.717, 1.165) is 40.4 Å². The van der Waals surface area contributed by atoms with Gasteiger partial charge in [0.05, 0.1) is 16.6 Å². The lowest BCUT2D eigenvalue weighted by Gasteiger charge is -2.20. The van der Waals surface area contributed by atoms with Crippen LogP contribution in [0, 0.1) is 25.7 Å². The number of aryl methyl sites for hydroxylation is 2. The second kappa shape index (κ2) is 8.98. The number of amides is 1. The number of rotatable bonds is 5. The fourth-order valence-corrected chi connectivity index (χ4v) is 4.75. The van der Waals surface area contributed by atoms with Crippen molar-refractivity contribution in [1.82, 2.24) is 10.3 Å². The Balaban J connectivity index is 0.00000243. The van der Waals surface area contributed by atoms with Gasteiger partial charge in [-0.15, -0.1) is 23.7 Å². The second-order valence-electron chi connectivity index (χ2n) is 7.10. The third kappa shape index (κ3) is 4.45. The Labute approximate surface area is 166 Å². The largest absolute Gasteiger partial charge is 0.348 e. The Morgan fingerprint density at radius 3 is 2.65 bits per heavy atom. The quantitative estimate of drug-likeness (QED) is 0.790. The van der Waals surface area contributed by atoms with Crippen LogP contribution in [0.3, 0.4) is 0 Å². The van der Waals surface area contributed by atoms with Crippen molar-refractivity contribution in [3.63, 3.8) is 0 Å². The molecule has 1 fully saturated rings. The van der Waals surface area contributed by atoms with Crippen molar-refractivity contribution in [2.45, 2.75) is 46.1 Å². The fourth-order valence-electron chi connectivity index (χ4n) is 3.68. The summed E-state index contributed by atoms with van der Waals surface area (Å²) in [6.45, 7) is 6.75. The van der Waals surface area contributed by atoms with E-state index in [1.54, 1.807) is 11.3 Å². The van der Waals surface area contributed by atoms with Gasteiger partial charge in [0.25, 0.3) is 0 Å². The van der Waals surface area contributed by atoms with Crippen LogP contribution in [0.25, 0.3) is 10.6 Å². The van der Waals surface area contributed by atoms with Crippen molar-refractivity contribution in [2.24, 2.45) is 17.6 Å². The van der Waals surface area contributed by atoms with Crippen molar-refractivity contribution < 1.29 is 4.79 Å². The number of nitrogens with two attached hydrogens (primary N) is 1. The molecular formula is C20H28ClN3OS. The summed E-state index contributed by atoms with van der Waals surface area (Å²) in [5.74, 6) is 0.542. The van der Waals surface area contributed by atoms with Gasteiger partial charge in [-0.3, -0.25) is 4.79 Å². The number of carbonyl (C=O) groups is 1. The van der Waals surface area contributed by atoms with E-state index < -0.39 is 0 Å². The average molecular weight is 394 g/mol. The molecule has 0 radical (unpaired) electrons. The lowest BCUT2D eigenvalue weighted by molar-refractivity contribution is -0.126. The van der Waals surface area contributed by atoms with Gasteiger partial charge in [-0.2, -0.15) is 0 Å². The molecular weight excluding hydrogens is 366 g/mol. The Kier molecular flexibility index (Phi) is 7.21. The maximum atomic E-state index is 12.6. The molecule has 1 aliphatic rings. The molecule has 1 aliphatic carbocycles. The topological polar surface area (TPSA) is 68.0 Å². The predicted molar refractivity (Wildman–Crippen MR) is 111 cm³/mol. The van der Waals surface area contributed by atoms with Gasteiger partial charge in [0.15, 0.2) is 0 Å². The third-order valence-corrected chi connectivity index (χ3v) is 6.57. The van der Waals surface area contributed by atoms with Gasteiger partial charge in [0, 0.05) is 11.5 Å². The molecule has 3 rings (SSSR count). The molecule has 3 atom stereocenters. The summed E-state index contributed by atoms with van der Waals surface area (Å²) in [7, 11) is 0. The average Bonchev–Trinajstić information content (AvgIpc) is 3.21. The number of halogens is 1. The SMILES string of the molecule is Cc1ccc(-c2nc(C)c(C(C)NC(=O)[C@@H]3CCC[C@@H]3CN)s2)cc1.Cl. The zero-order chi connectivity index (χ0) is 18.0. The van der Waals surface area contributed by atoms with Gasteiger partial charge >= 0.3 is 0 Å². The lowest BCUT2D eigenvalue weighted by Crippen LogP contribution is -2.36. The molecule has 142 valence electrons. The minimum Gasteiger partial charge on any atom is -0.348 e. The Hall–Kier alpha value is -1.43. The number of benzene rings is 1. The summed E-state index contributed by atoms with van der Waals surface area (Å²) in [5.41, 5.74) is 9.18. The highest BCUT2D eigenvalue weighted by atomic mass is 35.5. The number of carbonyl (C=O) groups excluding carboxylic acids is 1. The highest BCUT2D eigenvalue weighted by molar-refractivity contribution is 7.15. The summed E-state index contributed by atoms with van der Waals surface area (Å²) >= 11 is 1.67. The van der Waals surface area contributed by atoms with Gasteiger partial charge in [-0.1, -0.05) is 36.2 Å². The van der Waals surface area contributed by atoms with Crippen LogP contribution in [-0.2, 0) is 4.79 Å². The molecule has 1 saturated carbocycles. The summed E-state index contributed by atoms with van der Waals surface area (Å²) in [6, 6.07) is 8.38. The lowest BCUT2D eigenvalue weighted by atomic mass is 9.95. The maximum Gasteiger partial charge on any atom is 0.223 e. The molecule has 1 aromatic carbocycles. The first-order valence-corrected chi connectivity index (χ1v) is 9.86. The molecule has 3 N–H and O–H groups in total. The molecule has 1 amide bonds. The molecule has 4 nitrogen and oxygen atoms in total. The number of hydrogen-bond acceptors (Lipinski definition) is 4. The number of thiazole rings is 1. The van der Waals surface area contributed by atoms with Crippen LogP contribution in [0.2, 0.25) is 0 Å². The minimum atomic E-state index is -0.0248. The van der Waals surface area contributed by atoms with Crippen molar-refractivity contribution in [3.05, 3.63) is 40.4 Å². The second-order valence-corrected chi connectivity index (χ2v) is 8.13. The third-order valence-electron chi connectivity index (χ3n) is 5.18. The van der Waals surface area contributed by atoms with Crippen molar-refractivity contribution in [3.8, 4) is 10.6 Å². The normalized spacial score (nSPS) is 20.5. The Morgan fingerprint density at radius 1 is 1.31 bits per heavy atom. The van der Waals surface area contributed by atoms with Gasteiger partial charge in [0.2, 0.25) is 5.91 Å². The molecule has 0 spiro atoms. The number of hydrogen-bond donors (Lipinski definition) is 2. The minimum absolute atomic E-state index is 0. The van der Waals surface area contributed by atoms with E-state index in [0.29, 0.717) is 12.5 Å². The van der Waals surface area contributed by atoms with Crippen LogP contribution in [0.5, 0.6) is 0 Å². The molecule has 1 heterocycles. The van der Waals surface area contributed by atoms with Crippen molar-refractivity contribution in [2.75, 3.05) is 6.54 Å². The maximum absolute atomic E-state index is 12.6. The van der Waals surface area contributed by atoms with Crippen molar-refractivity contribution in [1.29, 1.82) is 0 Å². The number of nitrogens with one attached hydrogen (secondary N) is 1. The molecule has 0 saturated heterocycles. The standard InChI is InChI=1S/C20H27N3OS.ClH/c1-12-7-9-15(10-8-12)20-23-14(3)18(25-20)13(2)22-19(24)17-6-4-5-16(17)11-21;/h7-10,13,16-17H,4-6,11,21H2,1-3H3,(H,22,24);1H/t13?,16-,17-;/m1./s1. The Morgan fingerprint density at radius 2 is 2.00 bits per heavy atom. The molecule has 2 aromatic rings. The van der Waals surface area contributed by atoms with Crippen LogP contribution in [-0.4, -0.2) is 17.4 Å². The van der Waals surface area contributed by atoms with E-state index >= 15 is 0 Å². The monoisotopic (exact) mass is 393 g/mol. The highest BCUT2D eigenvalue weighted by Crippen LogP contribution is 2.34. The van der Waals surface area contributed by atoms with Crippen LogP contribution in [0.15, 0.2) is 24.3 Å². The number of aromatic nitrogens is 1. The van der Waals surface area contributed by atoms with E-state index in [4.69, 9.17) is 10.7 Å². The summed E-state index contributed by atoms with van der Waals surface area (Å²) < 4.78 is 0. The van der Waals surface area contributed by atoms with Crippen molar-refractivity contribution >= 4 is 29.7 Å². The zero-order valence-electron chi connectivity index (χ0n) is 15.6. The first-order chi connectivity index (χ1) is 12.0. The van der Waals surface area contributed by atoms with E-state index in [9.17, 15) is 4.79 Å². The van der Waals surface area contributed by atoms with Gasteiger partial charge in [0.1, 0.15) is 5.01 Å². The molecule has 0 aliphatic heterocycles. The molecule has 1 aromatic heterocycles. The van der Waals surface area contributed by atoms with Crippen LogP contribution < -0.4 is 11.1 Å². The van der Waals surface area contributed by atoms with Crippen LogP contribution >= 0.6 is 23.7 Å². The van der Waals surface area contributed by atoms with Crippen LogP contribution in [0.1, 0.15) is 48.4 Å². The first-order valence-electron chi connectivity index (χ1n) is 9.04. The van der Waals surface area contributed by atoms with E-state index in [1.165, 1.54) is 5.56 Å². The van der Waals surface area contributed by atoms with E-state index in [1.807, 2.05) is 13.8 Å². The fraction of sp³-hybridized carbons (Fsp3) is 0.500. The van der Waals surface area contributed by atoms with Gasteiger partial charge < -0.3 is 11.1 Å². The zero-order valence-corrected chi connectivity index (χ0v) is 17.3. The smallest absolute Gasteiger partial charge is 0.223 e. The Bertz CT molecular complexity index is 744. The molecule has 0 bridgehead atoms. The summed E-state index contributed by atoms with van der Waals surface area (Å²) in [5, 5.41) is 4.20. The predicted octanol–water partition coefficient (Wildman–Crippen LogP) is 4.40.